The molecular formula is C14H21N3O3. The van der Waals surface area contributed by atoms with Gasteiger partial charge in [-0.2, -0.15) is 0 Å². The van der Waals surface area contributed by atoms with E-state index in [-0.39, 0.29) is 17.5 Å². The second-order valence-electron chi connectivity index (χ2n) is 4.92. The molecule has 0 saturated heterocycles. The molecule has 3 N–H and O–H groups in total. The molecule has 0 bridgehead atoms. The molecule has 6 nitrogen and oxygen atoms in total. The van der Waals surface area contributed by atoms with Crippen LogP contribution in [0.3, 0.4) is 0 Å². The normalized spacial score (nSPS) is 12.0. The smallest absolute Gasteiger partial charge is 0.272 e. The average Bonchev–Trinajstić information content (AvgIpc) is 2.39. The number of carbonyl (C=O) groups excluding carboxylic acids is 1. The van der Waals surface area contributed by atoms with E-state index in [9.17, 15) is 14.9 Å². The summed E-state index contributed by atoms with van der Waals surface area (Å²) in [4.78, 5) is 22.5. The topological polar surface area (TPSA) is 98.3 Å². The lowest BCUT2D eigenvalue weighted by Gasteiger charge is -2.15. The van der Waals surface area contributed by atoms with E-state index in [1.54, 1.807) is 19.9 Å². The lowest BCUT2D eigenvalue weighted by molar-refractivity contribution is -0.385. The number of anilines is 1. The molecule has 0 aliphatic carbocycles. The maximum atomic E-state index is 12.1. The zero-order chi connectivity index (χ0) is 15.3. The predicted molar refractivity (Wildman–Crippen MR) is 78.7 cm³/mol. The summed E-state index contributed by atoms with van der Waals surface area (Å²) in [5, 5.41) is 13.7. The molecule has 110 valence electrons. The van der Waals surface area contributed by atoms with Gasteiger partial charge in [-0.25, -0.2) is 0 Å². The van der Waals surface area contributed by atoms with E-state index < -0.39 is 4.92 Å². The fraction of sp³-hybridized carbons (Fsp3) is 0.500. The van der Waals surface area contributed by atoms with Crippen LogP contribution in [-0.4, -0.2) is 17.4 Å². The Morgan fingerprint density at radius 1 is 1.40 bits per heavy atom. The number of hydrogen-bond acceptors (Lipinski definition) is 4. The van der Waals surface area contributed by atoms with Crippen LogP contribution >= 0.6 is 0 Å². The monoisotopic (exact) mass is 279 g/mol. The van der Waals surface area contributed by atoms with E-state index in [0.717, 1.165) is 12.8 Å². The van der Waals surface area contributed by atoms with Crippen LogP contribution in [0.1, 0.15) is 30.9 Å². The largest absolute Gasteiger partial charge is 0.330 e. The summed E-state index contributed by atoms with van der Waals surface area (Å²) in [7, 11) is 0. The molecule has 6 heteroatoms. The molecule has 1 aromatic carbocycles. The molecule has 1 aromatic rings. The first kappa shape index (κ1) is 16.1. The zero-order valence-electron chi connectivity index (χ0n) is 12.1. The van der Waals surface area contributed by atoms with Crippen LogP contribution in [0.25, 0.3) is 0 Å². The Labute approximate surface area is 118 Å². The number of carbonyl (C=O) groups is 1. The van der Waals surface area contributed by atoms with Crippen LogP contribution in [0.15, 0.2) is 12.1 Å². The average molecular weight is 279 g/mol. The van der Waals surface area contributed by atoms with Gasteiger partial charge in [-0.1, -0.05) is 13.3 Å². The number of aryl methyl sites for hydroxylation is 2. The maximum absolute atomic E-state index is 12.1. The lowest BCUT2D eigenvalue weighted by atomic mass is 10.0. The van der Waals surface area contributed by atoms with Gasteiger partial charge in [0, 0.05) is 23.9 Å². The molecule has 1 amide bonds. The van der Waals surface area contributed by atoms with Crippen LogP contribution in [0, 0.1) is 29.9 Å². The van der Waals surface area contributed by atoms with Crippen molar-refractivity contribution in [1.29, 1.82) is 0 Å². The molecular weight excluding hydrogens is 258 g/mol. The van der Waals surface area contributed by atoms with Crippen molar-refractivity contribution >= 4 is 17.3 Å². The molecule has 0 spiro atoms. The third-order valence-electron chi connectivity index (χ3n) is 3.29. The number of benzene rings is 1. The Hall–Kier alpha value is -1.95. The fourth-order valence-corrected chi connectivity index (χ4v) is 2.07. The third-order valence-corrected chi connectivity index (χ3v) is 3.29. The number of nitro benzene ring substituents is 1. The molecule has 0 aliphatic heterocycles. The van der Waals surface area contributed by atoms with Crippen molar-refractivity contribution in [1.82, 2.24) is 0 Å². The molecule has 20 heavy (non-hydrogen) atoms. The van der Waals surface area contributed by atoms with Gasteiger partial charge in [-0.3, -0.25) is 14.9 Å². The Morgan fingerprint density at radius 3 is 2.55 bits per heavy atom. The van der Waals surface area contributed by atoms with Crippen LogP contribution < -0.4 is 11.1 Å². The third kappa shape index (κ3) is 3.77. The van der Waals surface area contributed by atoms with Gasteiger partial charge in [0.05, 0.1) is 10.8 Å². The standard InChI is InChI=1S/C14H21N3O3/c1-4-5-11(8-15)14(18)16-12-6-10(3)13(17(19)20)7-9(12)2/h6-7,11H,4-5,8,15H2,1-3H3,(H,16,18). The van der Waals surface area contributed by atoms with Gasteiger partial charge >= 0.3 is 0 Å². The van der Waals surface area contributed by atoms with Crippen molar-refractivity contribution in [3.63, 3.8) is 0 Å². The van der Waals surface area contributed by atoms with Crippen LogP contribution in [0.2, 0.25) is 0 Å². The number of nitro groups is 1. The molecule has 1 rings (SSSR count). The summed E-state index contributed by atoms with van der Waals surface area (Å²) in [6, 6.07) is 3.10. The van der Waals surface area contributed by atoms with Crippen molar-refractivity contribution in [3.05, 3.63) is 33.4 Å². The van der Waals surface area contributed by atoms with E-state index in [1.807, 2.05) is 6.92 Å². The number of nitrogens with two attached hydrogens (primary N) is 1. The first-order valence-corrected chi connectivity index (χ1v) is 6.67. The number of nitrogens with zero attached hydrogens (tertiary/aromatic N) is 1. The summed E-state index contributed by atoms with van der Waals surface area (Å²) in [5.74, 6) is -0.361. The van der Waals surface area contributed by atoms with Gasteiger partial charge in [-0.15, -0.1) is 0 Å². The van der Waals surface area contributed by atoms with E-state index in [2.05, 4.69) is 5.32 Å². The van der Waals surface area contributed by atoms with Crippen LogP contribution in [0.5, 0.6) is 0 Å². The minimum atomic E-state index is -0.423. The van der Waals surface area contributed by atoms with Gasteiger partial charge < -0.3 is 11.1 Å². The molecule has 0 heterocycles. The lowest BCUT2D eigenvalue weighted by Crippen LogP contribution is -2.29. The summed E-state index contributed by atoms with van der Waals surface area (Å²) >= 11 is 0. The zero-order valence-corrected chi connectivity index (χ0v) is 12.1. The summed E-state index contributed by atoms with van der Waals surface area (Å²) in [6.45, 7) is 5.68. The molecule has 1 unspecified atom stereocenters. The summed E-state index contributed by atoms with van der Waals surface area (Å²) in [5.41, 5.74) is 7.45. The number of hydrogen-bond donors (Lipinski definition) is 2. The Bertz CT molecular complexity index is 515. The van der Waals surface area contributed by atoms with Crippen molar-refractivity contribution in [3.8, 4) is 0 Å². The quantitative estimate of drug-likeness (QED) is 0.617. The summed E-state index contributed by atoms with van der Waals surface area (Å²) < 4.78 is 0. The van der Waals surface area contributed by atoms with Gasteiger partial charge in [-0.05, 0) is 31.9 Å². The molecule has 0 saturated carbocycles. The van der Waals surface area contributed by atoms with E-state index >= 15 is 0 Å². The van der Waals surface area contributed by atoms with Gasteiger partial charge in [0.2, 0.25) is 5.91 Å². The highest BCUT2D eigenvalue weighted by atomic mass is 16.6. The molecule has 0 fully saturated rings. The fourth-order valence-electron chi connectivity index (χ4n) is 2.07. The first-order valence-electron chi connectivity index (χ1n) is 6.67. The predicted octanol–water partition coefficient (Wildman–Crippen LogP) is 2.53. The van der Waals surface area contributed by atoms with Crippen LogP contribution in [0.4, 0.5) is 11.4 Å². The molecule has 0 radical (unpaired) electrons. The second kappa shape index (κ2) is 7.00. The number of rotatable bonds is 6. The maximum Gasteiger partial charge on any atom is 0.272 e. The number of amides is 1. The minimum Gasteiger partial charge on any atom is -0.330 e. The highest BCUT2D eigenvalue weighted by molar-refractivity contribution is 5.93. The van der Waals surface area contributed by atoms with Crippen molar-refractivity contribution in [2.75, 3.05) is 11.9 Å². The van der Waals surface area contributed by atoms with Crippen LogP contribution in [-0.2, 0) is 4.79 Å². The van der Waals surface area contributed by atoms with Gasteiger partial charge in [0.25, 0.3) is 5.69 Å². The summed E-state index contributed by atoms with van der Waals surface area (Å²) in [6.07, 6.45) is 1.61. The highest BCUT2D eigenvalue weighted by Gasteiger charge is 2.19. The van der Waals surface area contributed by atoms with Gasteiger partial charge in [0.1, 0.15) is 0 Å². The first-order chi connectivity index (χ1) is 9.40. The number of nitrogens with one attached hydrogen (secondary N) is 1. The van der Waals surface area contributed by atoms with Crippen molar-refractivity contribution in [2.24, 2.45) is 11.7 Å². The van der Waals surface area contributed by atoms with Gasteiger partial charge in [0.15, 0.2) is 0 Å². The Morgan fingerprint density at radius 2 is 2.05 bits per heavy atom. The second-order valence-corrected chi connectivity index (χ2v) is 4.92. The Balaban J connectivity index is 2.96. The molecule has 0 aliphatic rings. The van der Waals surface area contributed by atoms with Crippen molar-refractivity contribution in [2.45, 2.75) is 33.6 Å². The van der Waals surface area contributed by atoms with E-state index in [0.29, 0.717) is 23.4 Å². The molecule has 0 aromatic heterocycles. The minimum absolute atomic E-state index is 0.0597. The van der Waals surface area contributed by atoms with E-state index in [1.165, 1.54) is 6.07 Å². The highest BCUT2D eigenvalue weighted by Crippen LogP contribution is 2.26. The molecule has 1 atom stereocenters. The van der Waals surface area contributed by atoms with Crippen molar-refractivity contribution < 1.29 is 9.72 Å². The Kier molecular flexibility index (Phi) is 5.64. The van der Waals surface area contributed by atoms with E-state index in [4.69, 9.17) is 5.73 Å². The SMILES string of the molecule is CCCC(CN)C(=O)Nc1cc(C)c([N+](=O)[O-])cc1C.